The Morgan fingerprint density at radius 2 is 1.55 bits per heavy atom. The standard InChI is InChI=1S/C18H23NO/c1-15-9-8-10-16(2)18(15)19-13-6-7-14-20-17-11-4-3-5-12-17/h3-5,8-12,19H,6-7,13-14H2,1-2H3. The van der Waals surface area contributed by atoms with Crippen LogP contribution in [0.2, 0.25) is 0 Å². The van der Waals surface area contributed by atoms with Gasteiger partial charge in [0.2, 0.25) is 0 Å². The molecule has 0 aliphatic carbocycles. The number of aryl methyl sites for hydroxylation is 2. The fraction of sp³-hybridized carbons (Fsp3) is 0.333. The number of unbranched alkanes of at least 4 members (excludes halogenated alkanes) is 1. The van der Waals surface area contributed by atoms with E-state index in [1.54, 1.807) is 0 Å². The van der Waals surface area contributed by atoms with Crippen LogP contribution in [0.5, 0.6) is 5.75 Å². The molecule has 0 aliphatic rings. The average Bonchev–Trinajstić information content (AvgIpc) is 2.46. The van der Waals surface area contributed by atoms with Gasteiger partial charge in [-0.25, -0.2) is 0 Å². The van der Waals surface area contributed by atoms with E-state index in [1.807, 2.05) is 30.3 Å². The van der Waals surface area contributed by atoms with Crippen LogP contribution in [0.4, 0.5) is 5.69 Å². The predicted octanol–water partition coefficient (Wildman–Crippen LogP) is 4.57. The summed E-state index contributed by atoms with van der Waals surface area (Å²) in [7, 11) is 0. The molecule has 0 unspecified atom stereocenters. The summed E-state index contributed by atoms with van der Waals surface area (Å²) >= 11 is 0. The van der Waals surface area contributed by atoms with Crippen molar-refractivity contribution in [3.63, 3.8) is 0 Å². The van der Waals surface area contributed by atoms with Crippen molar-refractivity contribution in [1.82, 2.24) is 0 Å². The van der Waals surface area contributed by atoms with Gasteiger partial charge in [0.25, 0.3) is 0 Å². The van der Waals surface area contributed by atoms with Crippen LogP contribution in [0.25, 0.3) is 0 Å². The van der Waals surface area contributed by atoms with Gasteiger partial charge in [-0.1, -0.05) is 36.4 Å². The van der Waals surface area contributed by atoms with Gasteiger partial charge in [-0.2, -0.15) is 0 Å². The summed E-state index contributed by atoms with van der Waals surface area (Å²) < 4.78 is 5.68. The number of hydrogen-bond acceptors (Lipinski definition) is 2. The molecule has 2 heteroatoms. The number of hydrogen-bond donors (Lipinski definition) is 1. The summed E-state index contributed by atoms with van der Waals surface area (Å²) in [6.45, 7) is 6.06. The minimum atomic E-state index is 0.776. The SMILES string of the molecule is Cc1cccc(C)c1NCCCCOc1ccccc1. The van der Waals surface area contributed by atoms with Crippen molar-refractivity contribution < 1.29 is 4.74 Å². The molecule has 0 heterocycles. The van der Waals surface area contributed by atoms with Gasteiger partial charge in [-0.3, -0.25) is 0 Å². The molecule has 2 aromatic rings. The highest BCUT2D eigenvalue weighted by atomic mass is 16.5. The fourth-order valence-corrected chi connectivity index (χ4v) is 2.24. The molecule has 0 fully saturated rings. The maximum absolute atomic E-state index is 5.68. The summed E-state index contributed by atoms with van der Waals surface area (Å²) in [4.78, 5) is 0. The summed E-state index contributed by atoms with van der Waals surface area (Å²) in [5.41, 5.74) is 3.90. The third-order valence-electron chi connectivity index (χ3n) is 3.37. The number of benzene rings is 2. The van der Waals surface area contributed by atoms with E-state index in [0.29, 0.717) is 0 Å². The third-order valence-corrected chi connectivity index (χ3v) is 3.37. The zero-order chi connectivity index (χ0) is 14.2. The van der Waals surface area contributed by atoms with E-state index in [1.165, 1.54) is 16.8 Å². The van der Waals surface area contributed by atoms with Crippen molar-refractivity contribution in [3.8, 4) is 5.75 Å². The third kappa shape index (κ3) is 4.30. The first-order valence-corrected chi connectivity index (χ1v) is 7.25. The molecule has 0 radical (unpaired) electrons. The Balaban J connectivity index is 1.65. The van der Waals surface area contributed by atoms with Gasteiger partial charge in [0.15, 0.2) is 0 Å². The van der Waals surface area contributed by atoms with Gasteiger partial charge in [0.05, 0.1) is 6.61 Å². The highest BCUT2D eigenvalue weighted by Gasteiger charge is 2.00. The second-order valence-electron chi connectivity index (χ2n) is 5.06. The highest BCUT2D eigenvalue weighted by Crippen LogP contribution is 2.19. The number of para-hydroxylation sites is 2. The second-order valence-corrected chi connectivity index (χ2v) is 5.06. The molecule has 2 nitrogen and oxygen atoms in total. The van der Waals surface area contributed by atoms with Crippen LogP contribution in [0.3, 0.4) is 0 Å². The molecule has 1 N–H and O–H groups in total. The van der Waals surface area contributed by atoms with Crippen molar-refractivity contribution >= 4 is 5.69 Å². The Labute approximate surface area is 121 Å². The van der Waals surface area contributed by atoms with Crippen molar-refractivity contribution in [1.29, 1.82) is 0 Å². The van der Waals surface area contributed by atoms with Gasteiger partial charge in [-0.15, -0.1) is 0 Å². The van der Waals surface area contributed by atoms with E-state index in [0.717, 1.165) is 31.7 Å². The first-order valence-electron chi connectivity index (χ1n) is 7.25. The Bertz CT molecular complexity index is 502. The molecule has 0 atom stereocenters. The maximum Gasteiger partial charge on any atom is 0.119 e. The molecule has 0 saturated carbocycles. The average molecular weight is 269 g/mol. The number of anilines is 1. The van der Waals surface area contributed by atoms with E-state index in [-0.39, 0.29) is 0 Å². The lowest BCUT2D eigenvalue weighted by atomic mass is 10.1. The Kier molecular flexibility index (Phi) is 5.48. The quantitative estimate of drug-likeness (QED) is 0.743. The number of nitrogens with one attached hydrogen (secondary N) is 1. The summed E-state index contributed by atoms with van der Waals surface area (Å²) in [5.74, 6) is 0.954. The van der Waals surface area contributed by atoms with Crippen molar-refractivity contribution in [2.75, 3.05) is 18.5 Å². The topological polar surface area (TPSA) is 21.3 Å². The second kappa shape index (κ2) is 7.59. The Hall–Kier alpha value is -1.96. The zero-order valence-corrected chi connectivity index (χ0v) is 12.4. The Morgan fingerprint density at radius 1 is 0.850 bits per heavy atom. The molecule has 2 rings (SSSR count). The van der Waals surface area contributed by atoms with Crippen LogP contribution in [-0.2, 0) is 0 Å². The Morgan fingerprint density at radius 3 is 2.25 bits per heavy atom. The predicted molar refractivity (Wildman–Crippen MR) is 85.6 cm³/mol. The van der Waals surface area contributed by atoms with Crippen LogP contribution in [0.1, 0.15) is 24.0 Å². The first kappa shape index (κ1) is 14.4. The molecule has 106 valence electrons. The first-order chi connectivity index (χ1) is 9.77. The monoisotopic (exact) mass is 269 g/mol. The lowest BCUT2D eigenvalue weighted by molar-refractivity contribution is 0.308. The molecule has 0 aliphatic heterocycles. The maximum atomic E-state index is 5.68. The molecule has 0 bridgehead atoms. The van der Waals surface area contributed by atoms with Gasteiger partial charge >= 0.3 is 0 Å². The van der Waals surface area contributed by atoms with Crippen LogP contribution in [-0.4, -0.2) is 13.2 Å². The molecule has 0 saturated heterocycles. The zero-order valence-electron chi connectivity index (χ0n) is 12.4. The smallest absolute Gasteiger partial charge is 0.119 e. The minimum Gasteiger partial charge on any atom is -0.494 e. The van der Waals surface area contributed by atoms with Gasteiger partial charge in [0, 0.05) is 12.2 Å². The summed E-state index contributed by atoms with van der Waals surface area (Å²) in [5, 5.41) is 3.52. The highest BCUT2D eigenvalue weighted by molar-refractivity contribution is 5.56. The van der Waals surface area contributed by atoms with Gasteiger partial charge < -0.3 is 10.1 Å². The van der Waals surface area contributed by atoms with Crippen molar-refractivity contribution in [3.05, 3.63) is 59.7 Å². The van der Waals surface area contributed by atoms with E-state index < -0.39 is 0 Å². The molecular weight excluding hydrogens is 246 g/mol. The fourth-order valence-electron chi connectivity index (χ4n) is 2.24. The molecule has 20 heavy (non-hydrogen) atoms. The van der Waals surface area contributed by atoms with Crippen LogP contribution >= 0.6 is 0 Å². The lowest BCUT2D eigenvalue weighted by Gasteiger charge is -2.12. The molecular formula is C18H23NO. The summed E-state index contributed by atoms with van der Waals surface area (Å²) in [6, 6.07) is 16.4. The number of ether oxygens (including phenoxy) is 1. The molecule has 0 amide bonds. The van der Waals surface area contributed by atoms with E-state index in [9.17, 15) is 0 Å². The molecule has 0 aromatic heterocycles. The van der Waals surface area contributed by atoms with Crippen LogP contribution in [0.15, 0.2) is 48.5 Å². The van der Waals surface area contributed by atoms with E-state index in [4.69, 9.17) is 4.74 Å². The van der Waals surface area contributed by atoms with E-state index >= 15 is 0 Å². The normalized spacial score (nSPS) is 10.3. The van der Waals surface area contributed by atoms with Gasteiger partial charge in [0.1, 0.15) is 5.75 Å². The van der Waals surface area contributed by atoms with Crippen molar-refractivity contribution in [2.45, 2.75) is 26.7 Å². The minimum absolute atomic E-state index is 0.776. The number of rotatable bonds is 7. The molecule has 0 spiro atoms. The molecule has 2 aromatic carbocycles. The summed E-state index contributed by atoms with van der Waals surface area (Å²) in [6.07, 6.45) is 2.17. The largest absolute Gasteiger partial charge is 0.494 e. The lowest BCUT2D eigenvalue weighted by Crippen LogP contribution is -2.06. The van der Waals surface area contributed by atoms with E-state index in [2.05, 4.69) is 37.4 Å². The van der Waals surface area contributed by atoms with Gasteiger partial charge in [-0.05, 0) is 49.9 Å². The van der Waals surface area contributed by atoms with Crippen LogP contribution in [0, 0.1) is 13.8 Å². The van der Waals surface area contributed by atoms with Crippen LogP contribution < -0.4 is 10.1 Å². The van der Waals surface area contributed by atoms with Crippen molar-refractivity contribution in [2.24, 2.45) is 0 Å².